The Morgan fingerprint density at radius 3 is 2.23 bits per heavy atom. The van der Waals surface area contributed by atoms with Crippen LogP contribution in [0.15, 0.2) is 83.3 Å². The van der Waals surface area contributed by atoms with Crippen LogP contribution in [0.4, 0.5) is 10.2 Å². The molecule has 3 aromatic carbocycles. The SMILES string of the molecule is N#Cc1c(-c2ccc(Br)cc2)cc(-c2ccc(OCc3ccc(F)cc3)cc2)nc1N. The summed E-state index contributed by atoms with van der Waals surface area (Å²) in [5.74, 6) is 0.599. The summed E-state index contributed by atoms with van der Waals surface area (Å²) in [4.78, 5) is 4.42. The third-order valence-electron chi connectivity index (χ3n) is 4.78. The molecule has 1 aromatic heterocycles. The number of nitriles is 1. The predicted octanol–water partition coefficient (Wildman–Crippen LogP) is 6.35. The topological polar surface area (TPSA) is 71.9 Å². The second kappa shape index (κ2) is 8.99. The zero-order valence-corrected chi connectivity index (χ0v) is 17.9. The number of nitrogens with zero attached hydrogens (tertiary/aromatic N) is 2. The summed E-state index contributed by atoms with van der Waals surface area (Å²) >= 11 is 3.43. The van der Waals surface area contributed by atoms with E-state index < -0.39 is 0 Å². The molecule has 0 saturated heterocycles. The van der Waals surface area contributed by atoms with Crippen molar-refractivity contribution in [2.45, 2.75) is 6.61 Å². The number of anilines is 1. The maximum Gasteiger partial charge on any atom is 0.142 e. The number of rotatable bonds is 5. The van der Waals surface area contributed by atoms with Gasteiger partial charge in [-0.3, -0.25) is 0 Å². The van der Waals surface area contributed by atoms with Crippen molar-refractivity contribution in [1.29, 1.82) is 5.26 Å². The lowest BCUT2D eigenvalue weighted by Gasteiger charge is -2.11. The highest BCUT2D eigenvalue weighted by atomic mass is 79.9. The summed E-state index contributed by atoms with van der Waals surface area (Å²) < 4.78 is 19.7. The number of hydrogen-bond acceptors (Lipinski definition) is 4. The van der Waals surface area contributed by atoms with Crippen LogP contribution in [-0.2, 0) is 6.61 Å². The number of benzene rings is 3. The molecule has 0 atom stereocenters. The Hall–Kier alpha value is -3.69. The van der Waals surface area contributed by atoms with Gasteiger partial charge in [0.2, 0.25) is 0 Å². The zero-order chi connectivity index (χ0) is 21.8. The predicted molar refractivity (Wildman–Crippen MR) is 123 cm³/mol. The van der Waals surface area contributed by atoms with Crippen molar-refractivity contribution >= 4 is 21.7 Å². The molecule has 4 nitrogen and oxygen atoms in total. The van der Waals surface area contributed by atoms with E-state index in [0.717, 1.165) is 26.7 Å². The van der Waals surface area contributed by atoms with E-state index in [1.807, 2.05) is 54.6 Å². The minimum atomic E-state index is -0.273. The van der Waals surface area contributed by atoms with Crippen LogP contribution < -0.4 is 10.5 Å². The molecule has 1 heterocycles. The fourth-order valence-electron chi connectivity index (χ4n) is 3.16. The monoisotopic (exact) mass is 473 g/mol. The largest absolute Gasteiger partial charge is 0.489 e. The second-order valence-corrected chi connectivity index (χ2v) is 7.79. The number of ether oxygens (including phenoxy) is 1. The van der Waals surface area contributed by atoms with Crippen molar-refractivity contribution in [3.8, 4) is 34.2 Å². The highest BCUT2D eigenvalue weighted by Gasteiger charge is 2.13. The lowest BCUT2D eigenvalue weighted by atomic mass is 9.98. The van der Waals surface area contributed by atoms with E-state index in [2.05, 4.69) is 27.0 Å². The van der Waals surface area contributed by atoms with E-state index in [1.54, 1.807) is 12.1 Å². The van der Waals surface area contributed by atoms with Gasteiger partial charge in [-0.25, -0.2) is 9.37 Å². The number of aromatic nitrogens is 1. The Labute approximate surface area is 187 Å². The van der Waals surface area contributed by atoms with Gasteiger partial charge >= 0.3 is 0 Å². The lowest BCUT2D eigenvalue weighted by molar-refractivity contribution is 0.306. The first-order valence-corrected chi connectivity index (χ1v) is 10.3. The smallest absolute Gasteiger partial charge is 0.142 e. The molecule has 0 spiro atoms. The third-order valence-corrected chi connectivity index (χ3v) is 5.31. The van der Waals surface area contributed by atoms with Gasteiger partial charge in [0.15, 0.2) is 0 Å². The summed E-state index contributed by atoms with van der Waals surface area (Å²) in [5, 5.41) is 9.56. The van der Waals surface area contributed by atoms with Gasteiger partial charge in [0, 0.05) is 15.6 Å². The van der Waals surface area contributed by atoms with Gasteiger partial charge in [-0.2, -0.15) is 5.26 Å². The second-order valence-electron chi connectivity index (χ2n) is 6.87. The summed E-state index contributed by atoms with van der Waals surface area (Å²) in [6.07, 6.45) is 0. The zero-order valence-electron chi connectivity index (χ0n) is 16.3. The molecule has 152 valence electrons. The van der Waals surface area contributed by atoms with E-state index in [9.17, 15) is 9.65 Å². The molecule has 0 bridgehead atoms. The average molecular weight is 474 g/mol. The number of nitrogen functional groups attached to an aromatic ring is 1. The summed E-state index contributed by atoms with van der Waals surface area (Å²) in [6.45, 7) is 0.343. The van der Waals surface area contributed by atoms with Gasteiger partial charge < -0.3 is 10.5 Å². The van der Waals surface area contributed by atoms with E-state index in [1.165, 1.54) is 12.1 Å². The minimum Gasteiger partial charge on any atom is -0.489 e. The first-order chi connectivity index (χ1) is 15.0. The summed E-state index contributed by atoms with van der Waals surface area (Å²) in [5.41, 5.74) is 10.5. The molecule has 2 N–H and O–H groups in total. The van der Waals surface area contributed by atoms with Crippen molar-refractivity contribution < 1.29 is 9.13 Å². The Balaban J connectivity index is 1.59. The molecule has 0 unspecified atom stereocenters. The molecule has 6 heteroatoms. The normalized spacial score (nSPS) is 10.5. The fraction of sp³-hybridized carbons (Fsp3) is 0.0400. The molecule has 4 rings (SSSR count). The molecule has 0 aliphatic rings. The molecule has 0 saturated carbocycles. The van der Waals surface area contributed by atoms with Crippen LogP contribution in [0.2, 0.25) is 0 Å². The van der Waals surface area contributed by atoms with Crippen LogP contribution in [0.5, 0.6) is 5.75 Å². The van der Waals surface area contributed by atoms with Gasteiger partial charge in [0.1, 0.15) is 35.6 Å². The van der Waals surface area contributed by atoms with Crippen LogP contribution in [0.3, 0.4) is 0 Å². The van der Waals surface area contributed by atoms with Crippen LogP contribution in [0.25, 0.3) is 22.4 Å². The number of halogens is 2. The Morgan fingerprint density at radius 2 is 1.58 bits per heavy atom. The molecule has 0 radical (unpaired) electrons. The summed E-state index contributed by atoms with van der Waals surface area (Å²) in [7, 11) is 0. The fourth-order valence-corrected chi connectivity index (χ4v) is 3.42. The lowest BCUT2D eigenvalue weighted by Crippen LogP contribution is -2.00. The summed E-state index contributed by atoms with van der Waals surface area (Å²) in [6, 6.07) is 25.4. The maximum absolute atomic E-state index is 13.0. The highest BCUT2D eigenvalue weighted by molar-refractivity contribution is 9.10. The third kappa shape index (κ3) is 4.73. The van der Waals surface area contributed by atoms with Crippen molar-refractivity contribution in [2.75, 3.05) is 5.73 Å². The maximum atomic E-state index is 13.0. The van der Waals surface area contributed by atoms with E-state index in [0.29, 0.717) is 23.6 Å². The van der Waals surface area contributed by atoms with Crippen LogP contribution in [-0.4, -0.2) is 4.98 Å². The van der Waals surface area contributed by atoms with Crippen LogP contribution >= 0.6 is 15.9 Å². The van der Waals surface area contributed by atoms with Gasteiger partial charge in [-0.15, -0.1) is 0 Å². The van der Waals surface area contributed by atoms with Crippen molar-refractivity contribution in [2.24, 2.45) is 0 Å². The number of hydrogen-bond donors (Lipinski definition) is 1. The van der Waals surface area contributed by atoms with E-state index in [-0.39, 0.29) is 11.6 Å². The van der Waals surface area contributed by atoms with Crippen molar-refractivity contribution in [1.82, 2.24) is 4.98 Å². The van der Waals surface area contributed by atoms with Crippen LogP contribution in [0, 0.1) is 17.1 Å². The van der Waals surface area contributed by atoms with Gasteiger partial charge in [0.05, 0.1) is 5.69 Å². The van der Waals surface area contributed by atoms with E-state index in [4.69, 9.17) is 10.5 Å². The van der Waals surface area contributed by atoms with Gasteiger partial charge in [-0.1, -0.05) is 40.2 Å². The quantitative estimate of drug-likeness (QED) is 0.366. The molecule has 0 fully saturated rings. The van der Waals surface area contributed by atoms with Gasteiger partial charge in [0.25, 0.3) is 0 Å². The Bertz CT molecular complexity index is 1250. The minimum absolute atomic E-state index is 0.189. The first kappa shape index (κ1) is 20.6. The standard InChI is InChI=1S/C25H17BrFN3O/c26-19-7-3-17(4-8-19)22-13-24(30-25(29)23(22)14-28)18-5-11-21(12-6-18)31-15-16-1-9-20(27)10-2-16/h1-13H,15H2,(H2,29,30). The Morgan fingerprint density at radius 1 is 0.935 bits per heavy atom. The number of nitrogens with two attached hydrogens (primary N) is 1. The van der Waals surface area contributed by atoms with Crippen molar-refractivity contribution in [3.63, 3.8) is 0 Å². The van der Waals surface area contributed by atoms with E-state index >= 15 is 0 Å². The molecule has 0 aliphatic carbocycles. The molecular formula is C25H17BrFN3O. The first-order valence-electron chi connectivity index (χ1n) is 9.48. The average Bonchev–Trinajstić information content (AvgIpc) is 2.79. The Kier molecular flexibility index (Phi) is 5.96. The highest BCUT2D eigenvalue weighted by Crippen LogP contribution is 2.32. The molecular weight excluding hydrogens is 457 g/mol. The molecule has 0 aliphatic heterocycles. The van der Waals surface area contributed by atoms with Crippen LogP contribution in [0.1, 0.15) is 11.1 Å². The number of pyridine rings is 1. The molecule has 4 aromatic rings. The van der Waals surface area contributed by atoms with Gasteiger partial charge in [-0.05, 0) is 65.7 Å². The molecule has 0 amide bonds. The van der Waals surface area contributed by atoms with Crippen molar-refractivity contribution in [3.05, 3.63) is 100 Å². The molecule has 31 heavy (non-hydrogen) atoms.